The molecule has 1 aliphatic heterocycles. The second kappa shape index (κ2) is 6.44. The van der Waals surface area contributed by atoms with Crippen molar-refractivity contribution in [2.75, 3.05) is 5.75 Å². The number of benzene rings is 1. The van der Waals surface area contributed by atoms with Crippen LogP contribution in [0.15, 0.2) is 42.5 Å². The van der Waals surface area contributed by atoms with E-state index < -0.39 is 21.9 Å². The van der Waals surface area contributed by atoms with Gasteiger partial charge >= 0.3 is 5.97 Å². The van der Waals surface area contributed by atoms with Crippen molar-refractivity contribution in [2.45, 2.75) is 45.8 Å². The van der Waals surface area contributed by atoms with Crippen LogP contribution in [0.1, 0.15) is 38.7 Å². The molecule has 3 aliphatic rings. The van der Waals surface area contributed by atoms with Crippen LogP contribution in [0.4, 0.5) is 0 Å². The van der Waals surface area contributed by atoms with Crippen molar-refractivity contribution < 1.29 is 22.7 Å². The van der Waals surface area contributed by atoms with E-state index >= 15 is 0 Å². The summed E-state index contributed by atoms with van der Waals surface area (Å²) in [7, 11) is -3.68. The third kappa shape index (κ3) is 2.79. The van der Waals surface area contributed by atoms with Gasteiger partial charge in [0.25, 0.3) is 5.91 Å². The Balaban J connectivity index is 1.46. The lowest BCUT2D eigenvalue weighted by atomic mass is 9.69. The first-order chi connectivity index (χ1) is 13.2. The number of carbonyl (C=O) groups excluding carboxylic acids is 2. The standard InChI is InChI=1S/C21H25NO5S/c1-20(2)16-10-11-21(20)14-28(25,26)22(17(21)12-16)18(23)8-9-19(24)27-13-15-6-4-3-5-7-15/h3-9,16-17H,10-14H2,1-2H3/b9-8+/t16-,17-,21-/m1/s1. The van der Waals surface area contributed by atoms with Crippen LogP contribution in [0.2, 0.25) is 0 Å². The van der Waals surface area contributed by atoms with Crippen molar-refractivity contribution in [1.82, 2.24) is 4.31 Å². The maximum atomic E-state index is 12.8. The fraction of sp³-hybridized carbons (Fsp3) is 0.524. The highest BCUT2D eigenvalue weighted by Gasteiger charge is 2.72. The second-order valence-electron chi connectivity index (χ2n) is 8.68. The SMILES string of the molecule is CC1(C)[C@@H]2CC[C@]13CS(=O)(=O)N(C(=O)/C=C/C(=O)OCc1ccccc1)[C@@H]3C2. The first kappa shape index (κ1) is 19.2. The lowest BCUT2D eigenvalue weighted by Gasteiger charge is -2.36. The number of hydrogen-bond donors (Lipinski definition) is 0. The molecular weight excluding hydrogens is 378 g/mol. The molecule has 1 saturated heterocycles. The molecule has 0 aromatic heterocycles. The summed E-state index contributed by atoms with van der Waals surface area (Å²) in [5, 5.41) is 0. The Morgan fingerprint density at radius 3 is 2.61 bits per heavy atom. The van der Waals surface area contributed by atoms with Gasteiger partial charge in [-0.2, -0.15) is 0 Å². The Morgan fingerprint density at radius 1 is 1.21 bits per heavy atom. The molecule has 0 unspecified atom stereocenters. The molecule has 1 spiro atoms. The van der Waals surface area contributed by atoms with E-state index in [1.165, 1.54) is 0 Å². The molecule has 0 N–H and O–H groups in total. The summed E-state index contributed by atoms with van der Waals surface area (Å²) in [6, 6.07) is 8.90. The Kier molecular flexibility index (Phi) is 4.41. The van der Waals surface area contributed by atoms with E-state index in [0.29, 0.717) is 12.3 Å². The highest BCUT2D eigenvalue weighted by molar-refractivity contribution is 7.90. The number of sulfonamides is 1. The quantitative estimate of drug-likeness (QED) is 0.570. The van der Waals surface area contributed by atoms with Crippen molar-refractivity contribution in [2.24, 2.45) is 16.7 Å². The summed E-state index contributed by atoms with van der Waals surface area (Å²) < 4.78 is 31.7. The van der Waals surface area contributed by atoms with Gasteiger partial charge in [-0.25, -0.2) is 17.5 Å². The number of ether oxygens (including phenoxy) is 1. The number of amides is 1. The van der Waals surface area contributed by atoms with E-state index in [4.69, 9.17) is 4.74 Å². The first-order valence-corrected chi connectivity index (χ1v) is 11.2. The molecule has 1 heterocycles. The monoisotopic (exact) mass is 403 g/mol. The van der Waals surface area contributed by atoms with Gasteiger partial charge in [0.05, 0.1) is 11.8 Å². The van der Waals surface area contributed by atoms with Crippen LogP contribution in [-0.4, -0.2) is 36.4 Å². The van der Waals surface area contributed by atoms with Crippen LogP contribution >= 0.6 is 0 Å². The molecule has 0 radical (unpaired) electrons. The van der Waals surface area contributed by atoms with Gasteiger partial charge in [-0.05, 0) is 36.2 Å². The van der Waals surface area contributed by atoms with E-state index in [1.807, 2.05) is 30.3 Å². The smallest absolute Gasteiger partial charge is 0.331 e. The number of nitrogens with zero attached hydrogens (tertiary/aromatic N) is 1. The number of hydrogen-bond acceptors (Lipinski definition) is 5. The first-order valence-electron chi connectivity index (χ1n) is 9.62. The fourth-order valence-electron chi connectivity index (χ4n) is 5.57. The molecule has 2 saturated carbocycles. The molecular formula is C21H25NO5S. The van der Waals surface area contributed by atoms with Crippen molar-refractivity contribution in [3.63, 3.8) is 0 Å². The summed E-state index contributed by atoms with van der Waals surface area (Å²) in [5.74, 6) is -0.867. The number of rotatable bonds is 4. The largest absolute Gasteiger partial charge is 0.458 e. The van der Waals surface area contributed by atoms with E-state index in [1.54, 1.807) is 0 Å². The maximum Gasteiger partial charge on any atom is 0.331 e. The molecule has 28 heavy (non-hydrogen) atoms. The van der Waals surface area contributed by atoms with Gasteiger partial charge < -0.3 is 4.74 Å². The molecule has 2 bridgehead atoms. The zero-order valence-electron chi connectivity index (χ0n) is 16.1. The summed E-state index contributed by atoms with van der Waals surface area (Å²) in [5.41, 5.74) is 0.371. The van der Waals surface area contributed by atoms with Crippen molar-refractivity contribution in [3.8, 4) is 0 Å². The van der Waals surface area contributed by atoms with Gasteiger partial charge in [0.2, 0.25) is 10.0 Å². The summed E-state index contributed by atoms with van der Waals surface area (Å²) in [4.78, 5) is 24.6. The fourth-order valence-corrected chi connectivity index (χ4v) is 8.08. The molecule has 2 aliphatic carbocycles. The minimum Gasteiger partial charge on any atom is -0.458 e. The van der Waals surface area contributed by atoms with Gasteiger partial charge in [-0.1, -0.05) is 44.2 Å². The van der Waals surface area contributed by atoms with Crippen LogP contribution < -0.4 is 0 Å². The van der Waals surface area contributed by atoms with Crippen LogP contribution in [0.5, 0.6) is 0 Å². The van der Waals surface area contributed by atoms with Crippen LogP contribution in [-0.2, 0) is 31.0 Å². The molecule has 150 valence electrons. The Hall–Kier alpha value is -2.15. The molecule has 3 atom stereocenters. The molecule has 3 fully saturated rings. The van der Waals surface area contributed by atoms with E-state index in [9.17, 15) is 18.0 Å². The van der Waals surface area contributed by atoms with Gasteiger partial charge in [0, 0.05) is 17.6 Å². The van der Waals surface area contributed by atoms with Crippen LogP contribution in [0.25, 0.3) is 0 Å². The lowest BCUT2D eigenvalue weighted by Crippen LogP contribution is -2.43. The average Bonchev–Trinajstić information content (AvgIpc) is 3.13. The summed E-state index contributed by atoms with van der Waals surface area (Å²) >= 11 is 0. The second-order valence-corrected chi connectivity index (χ2v) is 10.5. The number of carbonyl (C=O) groups is 2. The van der Waals surface area contributed by atoms with Gasteiger partial charge in [0.1, 0.15) is 6.61 Å². The lowest BCUT2D eigenvalue weighted by molar-refractivity contribution is -0.139. The third-order valence-corrected chi connectivity index (χ3v) is 9.13. The topological polar surface area (TPSA) is 80.8 Å². The molecule has 1 amide bonds. The maximum absolute atomic E-state index is 12.8. The predicted molar refractivity (Wildman–Crippen MR) is 103 cm³/mol. The zero-order chi connectivity index (χ0) is 20.2. The molecule has 6 nitrogen and oxygen atoms in total. The number of fused-ring (bicyclic) bond motifs is 1. The number of esters is 1. The van der Waals surface area contributed by atoms with E-state index in [-0.39, 0.29) is 29.2 Å². The van der Waals surface area contributed by atoms with E-state index in [0.717, 1.165) is 34.9 Å². The highest BCUT2D eigenvalue weighted by Crippen LogP contribution is 2.69. The normalized spacial score (nSPS) is 31.9. The summed E-state index contributed by atoms with van der Waals surface area (Å²) in [6.45, 7) is 4.36. The molecule has 4 rings (SSSR count). The Labute approximate surface area is 165 Å². The molecule has 7 heteroatoms. The molecule has 1 aromatic rings. The average molecular weight is 404 g/mol. The van der Waals surface area contributed by atoms with Gasteiger partial charge in [-0.3, -0.25) is 4.79 Å². The highest BCUT2D eigenvalue weighted by atomic mass is 32.2. The Bertz CT molecular complexity index is 937. The van der Waals surface area contributed by atoms with Gasteiger partial charge in [-0.15, -0.1) is 0 Å². The zero-order valence-corrected chi connectivity index (χ0v) is 16.9. The summed E-state index contributed by atoms with van der Waals surface area (Å²) in [6.07, 6.45) is 4.61. The third-order valence-electron chi connectivity index (χ3n) is 7.21. The van der Waals surface area contributed by atoms with Crippen LogP contribution in [0.3, 0.4) is 0 Å². The van der Waals surface area contributed by atoms with Crippen molar-refractivity contribution in [3.05, 3.63) is 48.0 Å². The van der Waals surface area contributed by atoms with E-state index in [2.05, 4.69) is 13.8 Å². The minimum atomic E-state index is -3.68. The van der Waals surface area contributed by atoms with Gasteiger partial charge in [0.15, 0.2) is 0 Å². The van der Waals surface area contributed by atoms with Crippen molar-refractivity contribution in [1.29, 1.82) is 0 Å². The van der Waals surface area contributed by atoms with Crippen LogP contribution in [0, 0.1) is 16.7 Å². The Morgan fingerprint density at radius 2 is 1.93 bits per heavy atom. The molecule has 1 aromatic carbocycles. The van der Waals surface area contributed by atoms with Crippen molar-refractivity contribution >= 4 is 21.9 Å². The minimum absolute atomic E-state index is 0.0200. The predicted octanol–water partition coefficient (Wildman–Crippen LogP) is 2.65.